The number of benzene rings is 1. The van der Waals surface area contributed by atoms with Gasteiger partial charge in [-0.25, -0.2) is 9.18 Å². The van der Waals surface area contributed by atoms with Crippen LogP contribution in [0, 0.1) is 18.2 Å². The molecule has 3 aliphatic rings. The summed E-state index contributed by atoms with van der Waals surface area (Å²) < 4.78 is 31.9. The van der Waals surface area contributed by atoms with Crippen molar-refractivity contribution in [2.45, 2.75) is 38.5 Å². The number of carbonyl (C=O) groups is 3. The van der Waals surface area contributed by atoms with Gasteiger partial charge in [0.25, 0.3) is 0 Å². The Balaban J connectivity index is 1.69. The van der Waals surface area contributed by atoms with Gasteiger partial charge in [-0.05, 0) is 24.6 Å². The Kier molecular flexibility index (Phi) is 4.94. The summed E-state index contributed by atoms with van der Waals surface area (Å²) >= 11 is 0. The lowest BCUT2D eigenvalue weighted by molar-refractivity contribution is -0.155. The molecule has 4 heterocycles. The highest BCUT2D eigenvalue weighted by molar-refractivity contribution is 6.20. The molecule has 0 radical (unpaired) electrons. The van der Waals surface area contributed by atoms with Crippen molar-refractivity contribution in [2.24, 2.45) is 5.41 Å². The number of amides is 4. The third kappa shape index (κ3) is 3.20. The topological polar surface area (TPSA) is 136 Å². The van der Waals surface area contributed by atoms with Gasteiger partial charge in [-0.15, -0.1) is 0 Å². The minimum absolute atomic E-state index is 0.140. The Morgan fingerprint density at radius 1 is 1.27 bits per heavy atom. The first kappa shape index (κ1) is 21.5. The fraction of sp³-hybridized carbons (Fsp3) is 0.476. The van der Waals surface area contributed by atoms with Crippen molar-refractivity contribution >= 4 is 23.5 Å². The van der Waals surface area contributed by atoms with Crippen LogP contribution in [0.25, 0.3) is 11.4 Å². The fourth-order valence-corrected chi connectivity index (χ4v) is 5.24. The van der Waals surface area contributed by atoms with Gasteiger partial charge in [-0.2, -0.15) is 4.98 Å². The number of carbonyl (C=O) groups excluding carboxylic acids is 3. The zero-order valence-electron chi connectivity index (χ0n) is 18.2. The number of morpholine rings is 1. The Bertz CT molecular complexity index is 1150. The summed E-state index contributed by atoms with van der Waals surface area (Å²) in [6.07, 6.45) is -1.20. The minimum atomic E-state index is -1.71. The average Bonchev–Trinajstić information content (AvgIpc) is 3.17. The minimum Gasteiger partial charge on any atom is -0.382 e. The summed E-state index contributed by atoms with van der Waals surface area (Å²) in [5.74, 6) is -1.56. The molecule has 12 heteroatoms. The number of anilines is 1. The maximum absolute atomic E-state index is 15.6. The van der Waals surface area contributed by atoms with Gasteiger partial charge in [0.05, 0.1) is 30.5 Å². The molecule has 2 aromatic rings. The van der Waals surface area contributed by atoms with Gasteiger partial charge in [0.2, 0.25) is 23.5 Å². The third-order valence-electron chi connectivity index (χ3n) is 6.39. The number of hydrogen-bond acceptors (Lipinski definition) is 9. The first-order chi connectivity index (χ1) is 15.7. The first-order valence-electron chi connectivity index (χ1n) is 10.5. The Morgan fingerprint density at radius 3 is 2.64 bits per heavy atom. The highest BCUT2D eigenvalue weighted by Gasteiger charge is 2.63. The molecule has 2 N–H and O–H groups in total. The number of halogens is 1. The molecule has 174 valence electrons. The van der Waals surface area contributed by atoms with E-state index in [1.165, 1.54) is 13.2 Å². The largest absolute Gasteiger partial charge is 0.382 e. The molecule has 0 aliphatic carbocycles. The maximum atomic E-state index is 15.6. The molecule has 0 bridgehead atoms. The van der Waals surface area contributed by atoms with Crippen LogP contribution in [-0.2, 0) is 25.5 Å². The number of imide groups is 2. The van der Waals surface area contributed by atoms with Gasteiger partial charge < -0.3 is 18.9 Å². The van der Waals surface area contributed by atoms with Crippen LogP contribution in [0.2, 0.25) is 0 Å². The molecule has 1 spiro atoms. The highest BCUT2D eigenvalue weighted by atomic mass is 19.1. The maximum Gasteiger partial charge on any atom is 0.328 e. The molecule has 0 saturated carbocycles. The van der Waals surface area contributed by atoms with Crippen molar-refractivity contribution in [2.75, 3.05) is 25.2 Å². The normalized spacial score (nSPS) is 26.0. The number of fused-ring (bicyclic) bond motifs is 4. The van der Waals surface area contributed by atoms with Crippen molar-refractivity contribution < 1.29 is 32.8 Å². The molecule has 5 rings (SSSR count). The van der Waals surface area contributed by atoms with Crippen LogP contribution in [0.4, 0.5) is 14.9 Å². The van der Waals surface area contributed by atoms with Crippen molar-refractivity contribution in [3.05, 3.63) is 29.4 Å². The number of nitrogens with one attached hydrogen (secondary N) is 2. The van der Waals surface area contributed by atoms with Gasteiger partial charge in [-0.3, -0.25) is 20.2 Å². The summed E-state index contributed by atoms with van der Waals surface area (Å²) in [4.78, 5) is 44.1. The molecule has 1 aromatic heterocycles. The van der Waals surface area contributed by atoms with E-state index >= 15 is 4.39 Å². The number of aromatic nitrogens is 2. The zero-order chi connectivity index (χ0) is 23.5. The predicted octanol–water partition coefficient (Wildman–Crippen LogP) is 0.701. The summed E-state index contributed by atoms with van der Waals surface area (Å²) in [6.45, 7) is 3.76. The van der Waals surface area contributed by atoms with Crippen LogP contribution in [0.15, 0.2) is 16.7 Å². The predicted molar refractivity (Wildman–Crippen MR) is 110 cm³/mol. The van der Waals surface area contributed by atoms with Crippen LogP contribution in [0.3, 0.4) is 0 Å². The van der Waals surface area contributed by atoms with Crippen LogP contribution in [0.5, 0.6) is 0 Å². The Labute approximate surface area is 187 Å². The van der Waals surface area contributed by atoms with Crippen LogP contribution >= 0.6 is 0 Å². The van der Waals surface area contributed by atoms with E-state index in [-0.39, 0.29) is 31.1 Å². The van der Waals surface area contributed by atoms with E-state index in [1.54, 1.807) is 24.8 Å². The van der Waals surface area contributed by atoms with Crippen molar-refractivity contribution in [1.82, 2.24) is 20.8 Å². The monoisotopic (exact) mass is 459 g/mol. The molecule has 4 amide bonds. The molecule has 11 nitrogen and oxygen atoms in total. The van der Waals surface area contributed by atoms with E-state index in [9.17, 15) is 14.4 Å². The second-order valence-corrected chi connectivity index (χ2v) is 8.50. The lowest BCUT2D eigenvalue weighted by Crippen LogP contribution is -2.75. The van der Waals surface area contributed by atoms with Gasteiger partial charge in [0, 0.05) is 32.6 Å². The molecule has 1 unspecified atom stereocenters. The van der Waals surface area contributed by atoms with E-state index in [2.05, 4.69) is 20.8 Å². The molecule has 2 fully saturated rings. The smallest absolute Gasteiger partial charge is 0.328 e. The van der Waals surface area contributed by atoms with Crippen molar-refractivity contribution in [3.63, 3.8) is 0 Å². The molecule has 2 saturated heterocycles. The number of barbiturate groups is 1. The average molecular weight is 459 g/mol. The van der Waals surface area contributed by atoms with E-state index in [1.807, 2.05) is 0 Å². The SMILES string of the molecule is COC[C@@H]1CN2c3c(F)cc(-c4noc(C)n4)cc3CC3(C(=O)NC(=O)NC3=O)C2[C@H](C)O1. The number of aryl methyl sites for hydroxylation is 1. The quantitative estimate of drug-likeness (QED) is 0.636. The number of urea groups is 1. The highest BCUT2D eigenvalue weighted by Crippen LogP contribution is 2.48. The van der Waals surface area contributed by atoms with Gasteiger partial charge in [-0.1, -0.05) is 5.16 Å². The lowest BCUT2D eigenvalue weighted by Gasteiger charge is -2.55. The van der Waals surface area contributed by atoms with Crippen LogP contribution < -0.4 is 15.5 Å². The molecular weight excluding hydrogens is 437 g/mol. The number of hydrogen-bond donors (Lipinski definition) is 2. The van der Waals surface area contributed by atoms with Crippen LogP contribution in [0.1, 0.15) is 18.4 Å². The summed E-state index contributed by atoms with van der Waals surface area (Å²) in [5, 5.41) is 8.25. The Morgan fingerprint density at radius 2 is 2.00 bits per heavy atom. The van der Waals surface area contributed by atoms with E-state index < -0.39 is 47.3 Å². The molecule has 33 heavy (non-hydrogen) atoms. The molecule has 3 aliphatic heterocycles. The number of rotatable bonds is 3. The van der Waals surface area contributed by atoms with Gasteiger partial charge in [0.1, 0.15) is 5.82 Å². The summed E-state index contributed by atoms with van der Waals surface area (Å²) in [5.41, 5.74) is -0.688. The summed E-state index contributed by atoms with van der Waals surface area (Å²) in [7, 11) is 1.53. The molecular formula is C21H22FN5O6. The fourth-order valence-electron chi connectivity index (χ4n) is 5.24. The second kappa shape index (κ2) is 7.59. The summed E-state index contributed by atoms with van der Waals surface area (Å²) in [6, 6.07) is 1.20. The number of methoxy groups -OCH3 is 1. The standard InChI is InChI=1S/C21H22FN5O6/c1-9-16-21(18(28)24-20(30)25-19(21)29)6-12-4-11(17-23-10(2)33-26-17)5-14(22)15(12)27(16)7-13(32-9)8-31-3/h4-5,9,13,16H,6-8H2,1-3H3,(H2,24,25,28,29,30)/t9-,13-,16?/m0/s1. The second-order valence-electron chi connectivity index (χ2n) is 8.50. The zero-order valence-corrected chi connectivity index (χ0v) is 18.2. The first-order valence-corrected chi connectivity index (χ1v) is 10.5. The Hall–Kier alpha value is -3.38. The lowest BCUT2D eigenvalue weighted by atomic mass is 9.66. The molecule has 3 atom stereocenters. The van der Waals surface area contributed by atoms with E-state index in [0.29, 0.717) is 17.0 Å². The van der Waals surface area contributed by atoms with Gasteiger partial charge >= 0.3 is 6.03 Å². The number of nitrogens with zero attached hydrogens (tertiary/aromatic N) is 3. The third-order valence-corrected chi connectivity index (χ3v) is 6.39. The number of ether oxygens (including phenoxy) is 2. The van der Waals surface area contributed by atoms with E-state index in [4.69, 9.17) is 14.0 Å². The van der Waals surface area contributed by atoms with Gasteiger partial charge in [0.15, 0.2) is 5.41 Å². The van der Waals surface area contributed by atoms with E-state index in [0.717, 1.165) is 0 Å². The molecule has 1 aromatic carbocycles. The van der Waals surface area contributed by atoms with Crippen molar-refractivity contribution in [3.8, 4) is 11.4 Å². The van der Waals surface area contributed by atoms with Crippen molar-refractivity contribution in [1.29, 1.82) is 0 Å². The van der Waals surface area contributed by atoms with Crippen LogP contribution in [-0.4, -0.2) is 66.5 Å².